The summed E-state index contributed by atoms with van der Waals surface area (Å²) in [5.74, 6) is 0. The predicted molar refractivity (Wildman–Crippen MR) is 202 cm³/mol. The quantitative estimate of drug-likeness (QED) is 0.176. The number of fused-ring (bicyclic) bond motifs is 4. The van der Waals surface area contributed by atoms with Crippen molar-refractivity contribution in [3.8, 4) is 22.3 Å². The minimum atomic E-state index is 0.111. The van der Waals surface area contributed by atoms with Crippen molar-refractivity contribution in [3.63, 3.8) is 0 Å². The normalized spacial score (nSPS) is 12.5. The summed E-state index contributed by atoms with van der Waals surface area (Å²) < 4.78 is 0. The molecule has 0 aromatic heterocycles. The molecule has 0 aliphatic rings. The summed E-state index contributed by atoms with van der Waals surface area (Å²) in [6.45, 7) is 11.3. The van der Waals surface area contributed by atoms with Gasteiger partial charge in [0.15, 0.2) is 0 Å². The molecule has 0 bridgehead atoms. The molecule has 0 heteroatoms. The Morgan fingerprint density at radius 2 is 0.891 bits per heavy atom. The van der Waals surface area contributed by atoms with Crippen LogP contribution in [0, 0.1) is 13.8 Å². The highest BCUT2D eigenvalue weighted by Gasteiger charge is 2.18. The number of hydrogen-bond acceptors (Lipinski definition) is 0. The third-order valence-corrected chi connectivity index (χ3v) is 10.2. The number of benzene rings is 9. The zero-order valence-electron chi connectivity index (χ0n) is 27.1. The summed E-state index contributed by atoms with van der Waals surface area (Å²) in [5.41, 5.74) is 9.18. The van der Waals surface area contributed by atoms with E-state index in [9.17, 15) is 0 Å². The van der Waals surface area contributed by atoms with Crippen LogP contribution in [0.3, 0.4) is 0 Å². The van der Waals surface area contributed by atoms with Crippen LogP contribution in [-0.4, -0.2) is 0 Å². The van der Waals surface area contributed by atoms with Crippen LogP contribution in [0.1, 0.15) is 37.5 Å². The zero-order chi connectivity index (χ0) is 31.3. The van der Waals surface area contributed by atoms with E-state index in [-0.39, 0.29) is 5.41 Å². The Morgan fingerprint density at radius 1 is 0.348 bits per heavy atom. The molecule has 0 N–H and O–H groups in total. The van der Waals surface area contributed by atoms with Gasteiger partial charge in [-0.2, -0.15) is 0 Å². The highest BCUT2D eigenvalue weighted by Crippen LogP contribution is 2.42. The van der Waals surface area contributed by atoms with E-state index in [1.54, 1.807) is 0 Å². The summed E-state index contributed by atoms with van der Waals surface area (Å²) in [6, 6.07) is 48.7. The van der Waals surface area contributed by atoms with Crippen LogP contribution in [0.15, 0.2) is 127 Å². The Bertz CT molecular complexity index is 2660. The van der Waals surface area contributed by atoms with Crippen molar-refractivity contribution in [2.24, 2.45) is 0 Å². The monoisotopic (exact) mass is 588 g/mol. The maximum atomic E-state index is 2.39. The first-order valence-corrected chi connectivity index (χ1v) is 16.4. The molecule has 0 fully saturated rings. The molecule has 0 unspecified atom stereocenters. The third-order valence-electron chi connectivity index (χ3n) is 10.2. The standard InChI is InChI=1S/C46H36/c1-27-6-8-34-26-42(39-17-7-28(2)21-43(39)41(34)20-27)33-13-11-30-22-32(12-10-31(30)23-33)38-18-15-29-9-14-35-24-37(46(3,4)5)25-36-16-19-40(38)45(29)44(35)36/h6-26H,1-5H3. The number of rotatable bonds is 2. The van der Waals surface area contributed by atoms with E-state index in [4.69, 9.17) is 0 Å². The SMILES string of the molecule is Cc1ccc2cc(-c3ccc4cc(-c5ccc6ccc7cc(C(C)(C)C)cc8ccc5c6c78)ccc4c3)c3ccc(C)cc3c2c1. The van der Waals surface area contributed by atoms with Gasteiger partial charge < -0.3 is 0 Å². The molecule has 0 saturated heterocycles. The van der Waals surface area contributed by atoms with Crippen molar-refractivity contribution in [2.75, 3.05) is 0 Å². The van der Waals surface area contributed by atoms with Crippen LogP contribution in [0.4, 0.5) is 0 Å². The second kappa shape index (κ2) is 9.65. The molecule has 0 radical (unpaired) electrons. The average Bonchev–Trinajstić information content (AvgIpc) is 3.05. The lowest BCUT2D eigenvalue weighted by atomic mass is 9.82. The topological polar surface area (TPSA) is 0 Å². The van der Waals surface area contributed by atoms with Crippen LogP contribution in [0.25, 0.3) is 86.9 Å². The molecule has 0 nitrogen and oxygen atoms in total. The maximum Gasteiger partial charge on any atom is -0.00206 e. The van der Waals surface area contributed by atoms with Crippen molar-refractivity contribution in [2.45, 2.75) is 40.0 Å². The van der Waals surface area contributed by atoms with Crippen molar-refractivity contribution in [1.29, 1.82) is 0 Å². The minimum absolute atomic E-state index is 0.111. The summed E-state index contributed by atoms with van der Waals surface area (Å²) in [4.78, 5) is 0. The van der Waals surface area contributed by atoms with Gasteiger partial charge in [-0.05, 0) is 130 Å². The van der Waals surface area contributed by atoms with Gasteiger partial charge in [0, 0.05) is 0 Å². The number of aryl methyl sites for hydroxylation is 2. The van der Waals surface area contributed by atoms with E-state index in [1.165, 1.54) is 104 Å². The van der Waals surface area contributed by atoms with E-state index in [2.05, 4.69) is 162 Å². The molecule has 9 aromatic rings. The van der Waals surface area contributed by atoms with Crippen LogP contribution >= 0.6 is 0 Å². The number of hydrogen-bond donors (Lipinski definition) is 0. The molecule has 0 aliphatic heterocycles. The lowest BCUT2D eigenvalue weighted by molar-refractivity contribution is 0.591. The first-order valence-electron chi connectivity index (χ1n) is 16.4. The summed E-state index contributed by atoms with van der Waals surface area (Å²) in [6.07, 6.45) is 0. The van der Waals surface area contributed by atoms with Gasteiger partial charge >= 0.3 is 0 Å². The fraction of sp³-hybridized carbons (Fsp3) is 0.130. The smallest absolute Gasteiger partial charge is 0.00206 e. The predicted octanol–water partition coefficient (Wildman–Crippen LogP) is 13.3. The Balaban J connectivity index is 1.19. The second-order valence-electron chi connectivity index (χ2n) is 14.4. The molecule has 0 saturated carbocycles. The van der Waals surface area contributed by atoms with E-state index < -0.39 is 0 Å². The van der Waals surface area contributed by atoms with Gasteiger partial charge in [-0.15, -0.1) is 0 Å². The fourth-order valence-electron chi connectivity index (χ4n) is 7.70. The molecule has 220 valence electrons. The first-order chi connectivity index (χ1) is 22.2. The minimum Gasteiger partial charge on any atom is -0.0587 e. The Hall–Kier alpha value is -5.20. The Kier molecular flexibility index (Phi) is 5.69. The molecule has 46 heavy (non-hydrogen) atoms. The van der Waals surface area contributed by atoms with E-state index in [0.29, 0.717) is 0 Å². The van der Waals surface area contributed by atoms with Crippen molar-refractivity contribution >= 4 is 64.6 Å². The second-order valence-corrected chi connectivity index (χ2v) is 14.4. The van der Waals surface area contributed by atoms with E-state index in [1.807, 2.05) is 0 Å². The molecule has 0 spiro atoms. The van der Waals surface area contributed by atoms with Gasteiger partial charge in [0.05, 0.1) is 0 Å². The molecule has 0 aliphatic carbocycles. The van der Waals surface area contributed by atoms with Crippen LogP contribution < -0.4 is 0 Å². The molecule has 0 amide bonds. The molecule has 0 heterocycles. The molecule has 0 atom stereocenters. The van der Waals surface area contributed by atoms with Crippen molar-refractivity contribution < 1.29 is 0 Å². The maximum absolute atomic E-state index is 2.39. The lowest BCUT2D eigenvalue weighted by Crippen LogP contribution is -2.10. The van der Waals surface area contributed by atoms with Crippen LogP contribution in [0.5, 0.6) is 0 Å². The Labute approximate surface area is 270 Å². The summed E-state index contributed by atoms with van der Waals surface area (Å²) in [5, 5.41) is 15.8. The van der Waals surface area contributed by atoms with Gasteiger partial charge in [-0.3, -0.25) is 0 Å². The fourth-order valence-corrected chi connectivity index (χ4v) is 7.70. The Morgan fingerprint density at radius 3 is 1.61 bits per heavy atom. The van der Waals surface area contributed by atoms with E-state index in [0.717, 1.165) is 0 Å². The van der Waals surface area contributed by atoms with Crippen molar-refractivity contribution in [3.05, 3.63) is 144 Å². The first kappa shape index (κ1) is 27.1. The molecular weight excluding hydrogens is 553 g/mol. The molecule has 9 rings (SSSR count). The highest BCUT2D eigenvalue weighted by molar-refractivity contribution is 6.25. The summed E-state index contributed by atoms with van der Waals surface area (Å²) in [7, 11) is 0. The van der Waals surface area contributed by atoms with Gasteiger partial charge in [0.2, 0.25) is 0 Å². The largest absolute Gasteiger partial charge is 0.0587 e. The van der Waals surface area contributed by atoms with Crippen LogP contribution in [-0.2, 0) is 5.41 Å². The highest BCUT2D eigenvalue weighted by atomic mass is 14.2. The lowest BCUT2D eigenvalue weighted by Gasteiger charge is -2.22. The summed E-state index contributed by atoms with van der Waals surface area (Å²) >= 11 is 0. The zero-order valence-corrected chi connectivity index (χ0v) is 27.1. The van der Waals surface area contributed by atoms with Gasteiger partial charge in [-0.1, -0.05) is 141 Å². The molecular formula is C46H36. The van der Waals surface area contributed by atoms with Crippen LogP contribution in [0.2, 0.25) is 0 Å². The van der Waals surface area contributed by atoms with Gasteiger partial charge in [0.25, 0.3) is 0 Å². The van der Waals surface area contributed by atoms with Gasteiger partial charge in [-0.25, -0.2) is 0 Å². The molecule has 9 aromatic carbocycles. The van der Waals surface area contributed by atoms with Gasteiger partial charge in [0.1, 0.15) is 0 Å². The van der Waals surface area contributed by atoms with E-state index >= 15 is 0 Å². The third kappa shape index (κ3) is 4.13. The van der Waals surface area contributed by atoms with Crippen molar-refractivity contribution in [1.82, 2.24) is 0 Å². The average molecular weight is 589 g/mol.